The van der Waals surface area contributed by atoms with Gasteiger partial charge in [-0.3, -0.25) is 4.79 Å². The highest BCUT2D eigenvalue weighted by Gasteiger charge is 2.15. The van der Waals surface area contributed by atoms with Crippen LogP contribution in [0.15, 0.2) is 18.2 Å². The van der Waals surface area contributed by atoms with Crippen molar-refractivity contribution in [3.05, 3.63) is 18.2 Å². The van der Waals surface area contributed by atoms with Crippen molar-refractivity contribution in [2.24, 2.45) is 0 Å². The number of benzene rings is 1. The van der Waals surface area contributed by atoms with E-state index in [1.54, 1.807) is 7.05 Å². The molecule has 0 radical (unpaired) electrons. The third-order valence-corrected chi connectivity index (χ3v) is 2.70. The predicted octanol–water partition coefficient (Wildman–Crippen LogP) is 0.542. The van der Waals surface area contributed by atoms with E-state index in [4.69, 9.17) is 14.6 Å². The average molecular weight is 252 g/mol. The van der Waals surface area contributed by atoms with Gasteiger partial charge in [-0.15, -0.1) is 0 Å². The van der Waals surface area contributed by atoms with Gasteiger partial charge in [0.25, 0.3) is 0 Å². The van der Waals surface area contributed by atoms with Gasteiger partial charge in [0.05, 0.1) is 0 Å². The van der Waals surface area contributed by atoms with E-state index < -0.39 is 12.0 Å². The van der Waals surface area contributed by atoms with Crippen LogP contribution in [0.5, 0.6) is 11.5 Å². The molecule has 1 aromatic carbocycles. The minimum Gasteiger partial charge on any atom is -0.486 e. The Morgan fingerprint density at radius 2 is 2.11 bits per heavy atom. The second kappa shape index (κ2) is 5.59. The zero-order chi connectivity index (χ0) is 13.0. The molecule has 0 bridgehead atoms. The van der Waals surface area contributed by atoms with E-state index in [2.05, 4.69) is 10.6 Å². The third kappa shape index (κ3) is 2.84. The number of anilines is 1. The van der Waals surface area contributed by atoms with Gasteiger partial charge < -0.3 is 25.2 Å². The summed E-state index contributed by atoms with van der Waals surface area (Å²) in [5, 5.41) is 14.7. The van der Waals surface area contributed by atoms with Crippen molar-refractivity contribution in [1.29, 1.82) is 0 Å². The summed E-state index contributed by atoms with van der Waals surface area (Å²) in [7, 11) is 1.62. The molecule has 98 valence electrons. The Morgan fingerprint density at radius 1 is 1.39 bits per heavy atom. The molecule has 0 saturated heterocycles. The predicted molar refractivity (Wildman–Crippen MR) is 66.4 cm³/mol. The minimum atomic E-state index is -0.887. The molecule has 18 heavy (non-hydrogen) atoms. The summed E-state index contributed by atoms with van der Waals surface area (Å²) in [6.45, 7) is 1.39. The summed E-state index contributed by atoms with van der Waals surface area (Å²) in [4.78, 5) is 10.8. The van der Waals surface area contributed by atoms with Gasteiger partial charge in [-0.2, -0.15) is 0 Å². The van der Waals surface area contributed by atoms with Crippen molar-refractivity contribution in [2.75, 3.05) is 32.1 Å². The van der Waals surface area contributed by atoms with Crippen LogP contribution in [0.25, 0.3) is 0 Å². The van der Waals surface area contributed by atoms with Crippen molar-refractivity contribution in [1.82, 2.24) is 5.32 Å². The first kappa shape index (κ1) is 12.5. The van der Waals surface area contributed by atoms with Gasteiger partial charge in [-0.25, -0.2) is 0 Å². The number of nitrogens with one attached hydrogen (secondary N) is 2. The smallest absolute Gasteiger partial charge is 0.322 e. The maximum atomic E-state index is 10.8. The number of fused-ring (bicyclic) bond motifs is 1. The lowest BCUT2D eigenvalue weighted by molar-refractivity contribution is -0.138. The second-order valence-electron chi connectivity index (χ2n) is 3.92. The Labute approximate surface area is 105 Å². The van der Waals surface area contributed by atoms with Crippen molar-refractivity contribution in [2.45, 2.75) is 6.04 Å². The van der Waals surface area contributed by atoms with Gasteiger partial charge in [0.1, 0.15) is 19.3 Å². The SMILES string of the molecule is CNC(CNc1ccc2c(c1)OCCO2)C(=O)O. The summed E-state index contributed by atoms with van der Waals surface area (Å²) in [6.07, 6.45) is 0. The number of likely N-dealkylation sites (N-methyl/N-ethyl adjacent to an activating group) is 1. The van der Waals surface area contributed by atoms with E-state index in [9.17, 15) is 4.79 Å². The number of ether oxygens (including phenoxy) is 2. The van der Waals surface area contributed by atoms with Crippen LogP contribution >= 0.6 is 0 Å². The van der Waals surface area contributed by atoms with Crippen LogP contribution in [-0.4, -0.2) is 43.9 Å². The summed E-state index contributed by atoms with van der Waals surface area (Å²) in [5.74, 6) is 0.514. The highest BCUT2D eigenvalue weighted by atomic mass is 16.6. The zero-order valence-corrected chi connectivity index (χ0v) is 10.1. The number of carboxylic acids is 1. The van der Waals surface area contributed by atoms with Crippen LogP contribution in [0.2, 0.25) is 0 Å². The van der Waals surface area contributed by atoms with Crippen molar-refractivity contribution in [3.63, 3.8) is 0 Å². The van der Waals surface area contributed by atoms with Crippen LogP contribution in [-0.2, 0) is 4.79 Å². The molecule has 1 aromatic rings. The summed E-state index contributed by atoms with van der Waals surface area (Å²) < 4.78 is 10.9. The topological polar surface area (TPSA) is 79.8 Å². The molecule has 2 rings (SSSR count). The molecule has 0 spiro atoms. The Hall–Kier alpha value is -1.95. The van der Waals surface area contributed by atoms with Crippen molar-refractivity contribution >= 4 is 11.7 Å². The van der Waals surface area contributed by atoms with Gasteiger partial charge in [-0.05, 0) is 19.2 Å². The highest BCUT2D eigenvalue weighted by molar-refractivity contribution is 5.74. The molecule has 0 saturated carbocycles. The fourth-order valence-electron chi connectivity index (χ4n) is 1.69. The Bertz CT molecular complexity index is 436. The zero-order valence-electron chi connectivity index (χ0n) is 10.1. The normalized spacial score (nSPS) is 14.9. The van der Waals surface area contributed by atoms with E-state index >= 15 is 0 Å². The standard InChI is InChI=1S/C12H16N2O4/c1-13-9(12(15)16)7-14-8-2-3-10-11(6-8)18-5-4-17-10/h2-3,6,9,13-14H,4-5,7H2,1H3,(H,15,16). The van der Waals surface area contributed by atoms with Crippen LogP contribution in [0, 0.1) is 0 Å². The monoisotopic (exact) mass is 252 g/mol. The average Bonchev–Trinajstić information content (AvgIpc) is 2.39. The van der Waals surface area contributed by atoms with Gasteiger partial charge in [0.15, 0.2) is 11.5 Å². The van der Waals surface area contributed by atoms with E-state index in [-0.39, 0.29) is 0 Å². The van der Waals surface area contributed by atoms with E-state index in [1.165, 1.54) is 0 Å². The molecular weight excluding hydrogens is 236 g/mol. The van der Waals surface area contributed by atoms with Crippen molar-refractivity contribution < 1.29 is 19.4 Å². The first-order chi connectivity index (χ1) is 8.70. The summed E-state index contributed by atoms with van der Waals surface area (Å²) in [6, 6.07) is 4.83. The molecule has 1 unspecified atom stereocenters. The molecule has 3 N–H and O–H groups in total. The Morgan fingerprint density at radius 3 is 2.78 bits per heavy atom. The molecule has 0 fully saturated rings. The minimum absolute atomic E-state index is 0.297. The first-order valence-electron chi connectivity index (χ1n) is 5.74. The lowest BCUT2D eigenvalue weighted by Gasteiger charge is -2.19. The number of aliphatic carboxylic acids is 1. The van der Waals surface area contributed by atoms with E-state index in [0.717, 1.165) is 11.4 Å². The quantitative estimate of drug-likeness (QED) is 0.710. The summed E-state index contributed by atoms with van der Waals surface area (Å²) in [5.41, 5.74) is 0.806. The number of carbonyl (C=O) groups is 1. The maximum absolute atomic E-state index is 10.8. The van der Waals surface area contributed by atoms with Crippen LogP contribution in [0.1, 0.15) is 0 Å². The fourth-order valence-corrected chi connectivity index (χ4v) is 1.69. The molecule has 6 heteroatoms. The van der Waals surface area contributed by atoms with Crippen LogP contribution < -0.4 is 20.1 Å². The van der Waals surface area contributed by atoms with Crippen molar-refractivity contribution in [3.8, 4) is 11.5 Å². The second-order valence-corrected chi connectivity index (χ2v) is 3.92. The number of hydrogen-bond acceptors (Lipinski definition) is 5. The lowest BCUT2D eigenvalue weighted by Crippen LogP contribution is -2.39. The van der Waals surface area contributed by atoms with E-state index in [0.29, 0.717) is 25.5 Å². The summed E-state index contributed by atoms with van der Waals surface area (Å²) >= 11 is 0. The fraction of sp³-hybridized carbons (Fsp3) is 0.417. The molecule has 1 atom stereocenters. The molecule has 1 aliphatic rings. The molecule has 0 aromatic heterocycles. The Balaban J connectivity index is 1.99. The molecule has 1 aliphatic heterocycles. The molecule has 1 heterocycles. The lowest BCUT2D eigenvalue weighted by atomic mass is 10.2. The maximum Gasteiger partial charge on any atom is 0.322 e. The first-order valence-corrected chi connectivity index (χ1v) is 5.74. The number of hydrogen-bond donors (Lipinski definition) is 3. The Kier molecular flexibility index (Phi) is 3.88. The van der Waals surface area contributed by atoms with Gasteiger partial charge in [0, 0.05) is 18.3 Å². The highest BCUT2D eigenvalue weighted by Crippen LogP contribution is 2.32. The van der Waals surface area contributed by atoms with Gasteiger partial charge in [-0.1, -0.05) is 0 Å². The number of carboxylic acid groups (broad SMARTS) is 1. The third-order valence-electron chi connectivity index (χ3n) is 2.70. The largest absolute Gasteiger partial charge is 0.486 e. The molecule has 0 aliphatic carbocycles. The molecule has 6 nitrogen and oxygen atoms in total. The molecule has 0 amide bonds. The van der Waals surface area contributed by atoms with Gasteiger partial charge >= 0.3 is 5.97 Å². The van der Waals surface area contributed by atoms with Gasteiger partial charge in [0.2, 0.25) is 0 Å². The van der Waals surface area contributed by atoms with E-state index in [1.807, 2.05) is 18.2 Å². The number of rotatable bonds is 5. The van der Waals surface area contributed by atoms with Crippen LogP contribution in [0.3, 0.4) is 0 Å². The van der Waals surface area contributed by atoms with Crippen LogP contribution in [0.4, 0.5) is 5.69 Å². The molecular formula is C12H16N2O4.